The first kappa shape index (κ1) is 12.9. The molecule has 0 aliphatic carbocycles. The topological polar surface area (TPSA) is 44.8 Å². The monoisotopic (exact) mass is 250 g/mol. The third-order valence-electron chi connectivity index (χ3n) is 2.99. The Morgan fingerprint density at radius 2 is 2.22 bits per heavy atom. The van der Waals surface area contributed by atoms with Crippen LogP contribution in [-0.4, -0.2) is 31.7 Å². The number of carbonyl (C=O) groups is 1. The van der Waals surface area contributed by atoms with Gasteiger partial charge in [-0.25, -0.2) is 0 Å². The van der Waals surface area contributed by atoms with Crippen molar-refractivity contribution >= 4 is 5.78 Å². The number of Topliss-reactive ketones (excluding diaryl/α,β-unsaturated/α-hetero) is 1. The molecule has 0 spiro atoms. The molecule has 1 aromatic rings. The summed E-state index contributed by atoms with van der Waals surface area (Å²) < 4.78 is 16.4. The summed E-state index contributed by atoms with van der Waals surface area (Å²) in [6.07, 6.45) is 0.340. The number of benzene rings is 1. The molecule has 0 bridgehead atoms. The maximum Gasteiger partial charge on any atom is 0.170 e. The van der Waals surface area contributed by atoms with E-state index in [9.17, 15) is 4.79 Å². The second-order valence-electron chi connectivity index (χ2n) is 4.65. The summed E-state index contributed by atoms with van der Waals surface area (Å²) in [6.45, 7) is 4.83. The first-order chi connectivity index (χ1) is 8.58. The Labute approximate surface area is 107 Å². The number of carbonyl (C=O) groups excluding carboxylic acids is 1. The van der Waals surface area contributed by atoms with Crippen LogP contribution in [0.4, 0.5) is 0 Å². The second kappa shape index (κ2) is 4.98. The van der Waals surface area contributed by atoms with Crippen LogP contribution in [0.5, 0.6) is 11.5 Å². The molecule has 1 heterocycles. The lowest BCUT2D eigenvalue weighted by Gasteiger charge is -2.34. The van der Waals surface area contributed by atoms with E-state index in [2.05, 4.69) is 0 Å². The highest BCUT2D eigenvalue weighted by molar-refractivity contribution is 6.00. The van der Waals surface area contributed by atoms with E-state index in [1.807, 2.05) is 13.8 Å². The van der Waals surface area contributed by atoms with Crippen LogP contribution in [0.2, 0.25) is 0 Å². The molecule has 4 heteroatoms. The molecule has 1 atom stereocenters. The van der Waals surface area contributed by atoms with E-state index >= 15 is 0 Å². The summed E-state index contributed by atoms with van der Waals surface area (Å²) in [4.78, 5) is 12.1. The van der Waals surface area contributed by atoms with Gasteiger partial charge in [0.2, 0.25) is 0 Å². The summed E-state index contributed by atoms with van der Waals surface area (Å²) in [7, 11) is 1.59. The fraction of sp³-hybridized carbons (Fsp3) is 0.500. The van der Waals surface area contributed by atoms with Crippen molar-refractivity contribution in [3.8, 4) is 11.5 Å². The highest BCUT2D eigenvalue weighted by atomic mass is 16.5. The molecule has 1 unspecified atom stereocenters. The van der Waals surface area contributed by atoms with Gasteiger partial charge in [-0.3, -0.25) is 4.79 Å². The van der Waals surface area contributed by atoms with Crippen molar-refractivity contribution in [1.82, 2.24) is 0 Å². The Morgan fingerprint density at radius 1 is 1.44 bits per heavy atom. The predicted octanol–water partition coefficient (Wildman–Crippen LogP) is 2.46. The Kier molecular flexibility index (Phi) is 3.57. The van der Waals surface area contributed by atoms with Gasteiger partial charge in [-0.2, -0.15) is 0 Å². The Morgan fingerprint density at radius 3 is 2.89 bits per heavy atom. The van der Waals surface area contributed by atoms with Crippen molar-refractivity contribution in [2.75, 3.05) is 20.3 Å². The van der Waals surface area contributed by atoms with E-state index in [4.69, 9.17) is 14.2 Å². The van der Waals surface area contributed by atoms with Crippen LogP contribution in [0, 0.1) is 0 Å². The zero-order valence-corrected chi connectivity index (χ0v) is 11.0. The number of hydrogen-bond donors (Lipinski definition) is 0. The van der Waals surface area contributed by atoms with Crippen LogP contribution in [-0.2, 0) is 4.74 Å². The normalized spacial score (nSPS) is 22.3. The Hall–Kier alpha value is -1.55. The molecule has 0 saturated carbocycles. The van der Waals surface area contributed by atoms with E-state index in [0.717, 1.165) is 0 Å². The average molecular weight is 250 g/mol. The molecule has 18 heavy (non-hydrogen) atoms. The molecule has 0 saturated heterocycles. The van der Waals surface area contributed by atoms with E-state index in [-0.39, 0.29) is 5.78 Å². The third-order valence-corrected chi connectivity index (χ3v) is 2.99. The van der Waals surface area contributed by atoms with Crippen molar-refractivity contribution in [2.24, 2.45) is 0 Å². The van der Waals surface area contributed by atoms with Crippen LogP contribution in [0.25, 0.3) is 0 Å². The van der Waals surface area contributed by atoms with E-state index in [0.29, 0.717) is 36.7 Å². The second-order valence-corrected chi connectivity index (χ2v) is 4.65. The number of hydrogen-bond acceptors (Lipinski definition) is 4. The van der Waals surface area contributed by atoms with Gasteiger partial charge in [-0.15, -0.1) is 0 Å². The van der Waals surface area contributed by atoms with Gasteiger partial charge in [0, 0.05) is 12.7 Å². The number of fused-ring (bicyclic) bond motifs is 1. The van der Waals surface area contributed by atoms with Crippen LogP contribution in [0.1, 0.15) is 30.6 Å². The fourth-order valence-corrected chi connectivity index (χ4v) is 2.08. The maximum atomic E-state index is 12.1. The number of ketones is 1. The minimum atomic E-state index is -0.591. The molecular weight excluding hydrogens is 232 g/mol. The number of ether oxygens (including phenoxy) is 3. The van der Waals surface area contributed by atoms with Gasteiger partial charge < -0.3 is 14.2 Å². The summed E-state index contributed by atoms with van der Waals surface area (Å²) in [5.74, 6) is 1.34. The SMILES string of the molecule is CCOCC1(C)CC(=O)c2ccc(OC)cc2O1. The van der Waals surface area contributed by atoms with Gasteiger partial charge in [0.05, 0.1) is 25.7 Å². The molecule has 0 N–H and O–H groups in total. The van der Waals surface area contributed by atoms with Crippen molar-refractivity contribution in [1.29, 1.82) is 0 Å². The molecule has 1 aliphatic rings. The average Bonchev–Trinajstić information content (AvgIpc) is 2.35. The maximum absolute atomic E-state index is 12.1. The molecule has 1 aromatic carbocycles. The van der Waals surface area contributed by atoms with Gasteiger partial charge in [-0.05, 0) is 26.0 Å². The number of rotatable bonds is 4. The van der Waals surface area contributed by atoms with Gasteiger partial charge in [0.1, 0.15) is 17.1 Å². The molecule has 0 radical (unpaired) electrons. The van der Waals surface area contributed by atoms with E-state index in [1.165, 1.54) is 0 Å². The predicted molar refractivity (Wildman–Crippen MR) is 67.5 cm³/mol. The summed E-state index contributed by atoms with van der Waals surface area (Å²) in [5, 5.41) is 0. The molecule has 4 nitrogen and oxygen atoms in total. The standard InChI is InChI=1S/C14H18O4/c1-4-17-9-14(2)8-12(15)11-6-5-10(16-3)7-13(11)18-14/h5-7H,4,8-9H2,1-3H3. The number of methoxy groups -OCH3 is 1. The largest absolute Gasteiger partial charge is 0.497 e. The smallest absolute Gasteiger partial charge is 0.170 e. The molecule has 98 valence electrons. The summed E-state index contributed by atoms with van der Waals surface area (Å²) in [6, 6.07) is 5.26. The van der Waals surface area contributed by atoms with Gasteiger partial charge in [-0.1, -0.05) is 0 Å². The lowest BCUT2D eigenvalue weighted by molar-refractivity contribution is -0.0190. The lowest BCUT2D eigenvalue weighted by atomic mass is 9.92. The Balaban J connectivity index is 2.28. The van der Waals surface area contributed by atoms with Crippen LogP contribution in [0.3, 0.4) is 0 Å². The van der Waals surface area contributed by atoms with Gasteiger partial charge in [0.15, 0.2) is 5.78 Å². The summed E-state index contributed by atoms with van der Waals surface area (Å²) in [5.41, 5.74) is 0.0247. The van der Waals surface area contributed by atoms with Gasteiger partial charge >= 0.3 is 0 Å². The van der Waals surface area contributed by atoms with Crippen LogP contribution < -0.4 is 9.47 Å². The van der Waals surface area contributed by atoms with Gasteiger partial charge in [0.25, 0.3) is 0 Å². The third kappa shape index (κ3) is 2.48. The fourth-order valence-electron chi connectivity index (χ4n) is 2.08. The van der Waals surface area contributed by atoms with Crippen LogP contribution in [0.15, 0.2) is 18.2 Å². The highest BCUT2D eigenvalue weighted by Gasteiger charge is 2.36. The van der Waals surface area contributed by atoms with Crippen LogP contribution >= 0.6 is 0 Å². The van der Waals surface area contributed by atoms with Crippen molar-refractivity contribution < 1.29 is 19.0 Å². The molecule has 2 rings (SSSR count). The summed E-state index contributed by atoms with van der Waals surface area (Å²) >= 11 is 0. The zero-order valence-electron chi connectivity index (χ0n) is 11.0. The Bertz CT molecular complexity index is 455. The van der Waals surface area contributed by atoms with Crippen molar-refractivity contribution in [3.05, 3.63) is 23.8 Å². The van der Waals surface area contributed by atoms with E-state index in [1.54, 1.807) is 25.3 Å². The van der Waals surface area contributed by atoms with E-state index < -0.39 is 5.60 Å². The van der Waals surface area contributed by atoms with Crippen molar-refractivity contribution in [3.63, 3.8) is 0 Å². The first-order valence-electron chi connectivity index (χ1n) is 6.06. The molecule has 1 aliphatic heterocycles. The zero-order chi connectivity index (χ0) is 13.2. The minimum absolute atomic E-state index is 0.0844. The molecular formula is C14H18O4. The molecule has 0 fully saturated rings. The quantitative estimate of drug-likeness (QED) is 0.823. The highest BCUT2D eigenvalue weighted by Crippen LogP contribution is 2.35. The van der Waals surface area contributed by atoms with Crippen molar-refractivity contribution in [2.45, 2.75) is 25.9 Å². The first-order valence-corrected chi connectivity index (χ1v) is 6.06. The lowest BCUT2D eigenvalue weighted by Crippen LogP contribution is -2.43. The molecule has 0 amide bonds. The minimum Gasteiger partial charge on any atom is -0.497 e. The molecule has 0 aromatic heterocycles.